The van der Waals surface area contributed by atoms with Crippen molar-refractivity contribution in [3.63, 3.8) is 0 Å². The maximum atomic E-state index is 12.2. The largest absolute Gasteiger partial charge is 0.512 e. The number of carbonyl (C=O) groups excluding carboxylic acids is 1. The monoisotopic (exact) mass is 293 g/mol. The fourth-order valence-electron chi connectivity index (χ4n) is 2.42. The summed E-state index contributed by atoms with van der Waals surface area (Å²) in [6.07, 6.45) is 4.32. The lowest BCUT2D eigenvalue weighted by Crippen LogP contribution is -2.48. The number of allylic oxidation sites excluding steroid dienone is 2. The van der Waals surface area contributed by atoms with Crippen LogP contribution in [0.2, 0.25) is 0 Å². The SMILES string of the molecule is C=C/C=C(\C=C)C1CC(O)=C(C2COCCN2O)C(=O)O1. The van der Waals surface area contributed by atoms with Gasteiger partial charge in [-0.3, -0.25) is 0 Å². The van der Waals surface area contributed by atoms with Crippen molar-refractivity contribution in [1.82, 2.24) is 5.06 Å². The molecule has 2 N–H and O–H groups in total. The van der Waals surface area contributed by atoms with Crippen molar-refractivity contribution in [2.24, 2.45) is 0 Å². The van der Waals surface area contributed by atoms with E-state index in [0.717, 1.165) is 5.06 Å². The van der Waals surface area contributed by atoms with Crippen LogP contribution in [-0.2, 0) is 14.3 Å². The van der Waals surface area contributed by atoms with Crippen LogP contribution in [0.4, 0.5) is 0 Å². The summed E-state index contributed by atoms with van der Waals surface area (Å²) in [6, 6.07) is -0.706. The van der Waals surface area contributed by atoms with Crippen molar-refractivity contribution in [2.75, 3.05) is 19.8 Å². The summed E-state index contributed by atoms with van der Waals surface area (Å²) in [4.78, 5) is 12.2. The van der Waals surface area contributed by atoms with Crippen molar-refractivity contribution >= 4 is 5.97 Å². The van der Waals surface area contributed by atoms with E-state index >= 15 is 0 Å². The zero-order chi connectivity index (χ0) is 15.4. The highest BCUT2D eigenvalue weighted by atomic mass is 16.6. The molecule has 2 atom stereocenters. The van der Waals surface area contributed by atoms with E-state index in [4.69, 9.17) is 9.47 Å². The number of aliphatic hydroxyl groups is 1. The quantitative estimate of drug-likeness (QED) is 0.604. The first-order chi connectivity index (χ1) is 10.1. The highest BCUT2D eigenvalue weighted by Gasteiger charge is 2.38. The molecule has 6 nitrogen and oxygen atoms in total. The molecule has 2 aliphatic heterocycles. The molecule has 2 heterocycles. The summed E-state index contributed by atoms with van der Waals surface area (Å²) in [7, 11) is 0. The van der Waals surface area contributed by atoms with E-state index in [9.17, 15) is 15.1 Å². The second kappa shape index (κ2) is 6.71. The molecule has 0 bridgehead atoms. The first-order valence-electron chi connectivity index (χ1n) is 6.69. The number of hydrogen-bond donors (Lipinski definition) is 2. The van der Waals surface area contributed by atoms with Crippen molar-refractivity contribution < 1.29 is 24.6 Å². The standard InChI is InChI=1S/C15H19NO5/c1-3-5-10(4-2)13-8-12(17)14(15(18)21-13)11-9-20-7-6-16(11)19/h3-5,11,13,17,19H,1-2,6-9H2/b10-5+. The average Bonchev–Trinajstić information content (AvgIpc) is 2.46. The van der Waals surface area contributed by atoms with Gasteiger partial charge in [0, 0.05) is 13.0 Å². The van der Waals surface area contributed by atoms with Gasteiger partial charge in [0.25, 0.3) is 0 Å². The fraction of sp³-hybridized carbons (Fsp3) is 0.400. The van der Waals surface area contributed by atoms with Gasteiger partial charge in [-0.25, -0.2) is 4.79 Å². The van der Waals surface area contributed by atoms with Gasteiger partial charge in [0.15, 0.2) is 0 Å². The number of nitrogens with zero attached hydrogens (tertiary/aromatic N) is 1. The number of morpholine rings is 1. The van der Waals surface area contributed by atoms with Crippen LogP contribution in [-0.4, -0.2) is 53.3 Å². The Morgan fingerprint density at radius 1 is 1.43 bits per heavy atom. The maximum absolute atomic E-state index is 12.2. The van der Waals surface area contributed by atoms with Crippen LogP contribution in [0.1, 0.15) is 6.42 Å². The van der Waals surface area contributed by atoms with E-state index in [1.54, 1.807) is 18.2 Å². The van der Waals surface area contributed by atoms with E-state index < -0.39 is 18.1 Å². The summed E-state index contributed by atoms with van der Waals surface area (Å²) < 4.78 is 10.6. The Bertz CT molecular complexity index is 508. The molecule has 21 heavy (non-hydrogen) atoms. The van der Waals surface area contributed by atoms with Crippen LogP contribution >= 0.6 is 0 Å². The van der Waals surface area contributed by atoms with Gasteiger partial charge in [-0.2, -0.15) is 5.06 Å². The topological polar surface area (TPSA) is 79.2 Å². The third kappa shape index (κ3) is 3.24. The van der Waals surface area contributed by atoms with Gasteiger partial charge < -0.3 is 19.8 Å². The summed E-state index contributed by atoms with van der Waals surface area (Å²) in [5.41, 5.74) is 0.708. The number of esters is 1. The molecule has 6 heteroatoms. The van der Waals surface area contributed by atoms with Crippen molar-refractivity contribution in [3.05, 3.63) is 48.3 Å². The first-order valence-corrected chi connectivity index (χ1v) is 6.69. The third-order valence-electron chi connectivity index (χ3n) is 3.51. The molecular weight excluding hydrogens is 274 g/mol. The number of hydroxylamine groups is 2. The molecular formula is C15H19NO5. The van der Waals surface area contributed by atoms with E-state index in [1.165, 1.54) is 0 Å². The molecule has 2 aliphatic rings. The lowest BCUT2D eigenvalue weighted by atomic mass is 9.96. The molecule has 0 aromatic heterocycles. The summed E-state index contributed by atoms with van der Waals surface area (Å²) in [5, 5.41) is 21.0. The fourth-order valence-corrected chi connectivity index (χ4v) is 2.42. The number of hydrogen-bond acceptors (Lipinski definition) is 6. The Kier molecular flexibility index (Phi) is 4.95. The van der Waals surface area contributed by atoms with Gasteiger partial charge in [0.1, 0.15) is 11.9 Å². The summed E-state index contributed by atoms with van der Waals surface area (Å²) in [5.74, 6) is -0.752. The predicted molar refractivity (Wildman–Crippen MR) is 75.7 cm³/mol. The lowest BCUT2D eigenvalue weighted by Gasteiger charge is -2.34. The van der Waals surface area contributed by atoms with Crippen LogP contribution in [0.3, 0.4) is 0 Å². The second-order valence-electron chi connectivity index (χ2n) is 4.82. The van der Waals surface area contributed by atoms with Crippen LogP contribution in [0, 0.1) is 0 Å². The zero-order valence-corrected chi connectivity index (χ0v) is 11.7. The molecule has 0 aromatic carbocycles. The van der Waals surface area contributed by atoms with Gasteiger partial charge in [0.2, 0.25) is 0 Å². The van der Waals surface area contributed by atoms with Gasteiger partial charge in [-0.05, 0) is 5.57 Å². The number of carbonyl (C=O) groups is 1. The lowest BCUT2D eigenvalue weighted by molar-refractivity contribution is -0.178. The molecule has 1 saturated heterocycles. The Hall–Kier alpha value is -1.89. The molecule has 0 saturated carbocycles. The Morgan fingerprint density at radius 3 is 2.76 bits per heavy atom. The van der Waals surface area contributed by atoms with Crippen LogP contribution in [0.25, 0.3) is 0 Å². The Labute approximate surface area is 123 Å². The molecule has 0 amide bonds. The summed E-state index contributed by atoms with van der Waals surface area (Å²) >= 11 is 0. The Balaban J connectivity index is 2.24. The minimum absolute atomic E-state index is 0.0514. The molecule has 0 spiro atoms. The Morgan fingerprint density at radius 2 is 2.19 bits per heavy atom. The number of rotatable bonds is 4. The molecule has 0 radical (unpaired) electrons. The minimum Gasteiger partial charge on any atom is -0.512 e. The van der Waals surface area contributed by atoms with Gasteiger partial charge in [-0.1, -0.05) is 31.4 Å². The number of cyclic esters (lactones) is 1. The smallest absolute Gasteiger partial charge is 0.339 e. The molecule has 0 aliphatic carbocycles. The normalized spacial score (nSPS) is 28.2. The number of aliphatic hydroxyl groups excluding tert-OH is 1. The van der Waals surface area contributed by atoms with E-state index in [2.05, 4.69) is 13.2 Å². The highest BCUT2D eigenvalue weighted by molar-refractivity contribution is 5.91. The second-order valence-corrected chi connectivity index (χ2v) is 4.82. The molecule has 114 valence electrons. The van der Waals surface area contributed by atoms with Gasteiger partial charge >= 0.3 is 5.97 Å². The van der Waals surface area contributed by atoms with E-state index in [-0.39, 0.29) is 30.9 Å². The molecule has 2 rings (SSSR count). The van der Waals surface area contributed by atoms with Gasteiger partial charge in [-0.15, -0.1) is 0 Å². The predicted octanol–water partition coefficient (Wildman–Crippen LogP) is 1.50. The van der Waals surface area contributed by atoms with Gasteiger partial charge in [0.05, 0.1) is 24.8 Å². The summed E-state index contributed by atoms with van der Waals surface area (Å²) in [6.45, 7) is 8.01. The molecule has 2 unspecified atom stereocenters. The molecule has 0 aromatic rings. The first kappa shape index (κ1) is 15.5. The third-order valence-corrected chi connectivity index (χ3v) is 3.51. The van der Waals surface area contributed by atoms with Crippen LogP contribution in [0.5, 0.6) is 0 Å². The highest BCUT2D eigenvalue weighted by Crippen LogP contribution is 2.29. The van der Waals surface area contributed by atoms with Crippen molar-refractivity contribution in [1.29, 1.82) is 0 Å². The van der Waals surface area contributed by atoms with E-state index in [0.29, 0.717) is 12.2 Å². The average molecular weight is 293 g/mol. The van der Waals surface area contributed by atoms with Crippen LogP contribution < -0.4 is 0 Å². The van der Waals surface area contributed by atoms with Crippen LogP contribution in [0.15, 0.2) is 48.3 Å². The van der Waals surface area contributed by atoms with Crippen molar-refractivity contribution in [2.45, 2.75) is 18.6 Å². The maximum Gasteiger partial charge on any atom is 0.339 e. The zero-order valence-electron chi connectivity index (χ0n) is 11.7. The number of ether oxygens (including phenoxy) is 2. The molecule has 1 fully saturated rings. The van der Waals surface area contributed by atoms with Crippen molar-refractivity contribution in [3.8, 4) is 0 Å². The minimum atomic E-state index is -0.706. The van der Waals surface area contributed by atoms with E-state index in [1.807, 2.05) is 0 Å².